The van der Waals surface area contributed by atoms with Gasteiger partial charge in [0.25, 0.3) is 0 Å². The van der Waals surface area contributed by atoms with Crippen molar-refractivity contribution in [3.8, 4) is 0 Å². The van der Waals surface area contributed by atoms with Crippen LogP contribution in [0.25, 0.3) is 0 Å². The molecule has 0 saturated heterocycles. The van der Waals surface area contributed by atoms with Crippen LogP contribution in [0.15, 0.2) is 35.1 Å². The second-order valence-electron chi connectivity index (χ2n) is 4.17. The second kappa shape index (κ2) is 6.83. The Morgan fingerprint density at radius 3 is 3.00 bits per heavy atom. The Bertz CT molecular complexity index is 614. The van der Waals surface area contributed by atoms with Crippen molar-refractivity contribution in [3.05, 3.63) is 40.6 Å². The summed E-state index contributed by atoms with van der Waals surface area (Å²) in [5, 5.41) is 7.52. The van der Waals surface area contributed by atoms with Gasteiger partial charge in [-0.2, -0.15) is 5.10 Å². The van der Waals surface area contributed by atoms with Crippen molar-refractivity contribution in [2.24, 2.45) is 5.73 Å². The molecule has 20 heavy (non-hydrogen) atoms. The number of nitrogens with one attached hydrogen (secondary N) is 1. The van der Waals surface area contributed by atoms with E-state index in [9.17, 15) is 0 Å². The maximum absolute atomic E-state index is 5.60. The summed E-state index contributed by atoms with van der Waals surface area (Å²) >= 11 is 8.45. The van der Waals surface area contributed by atoms with Gasteiger partial charge in [-0.3, -0.25) is 4.68 Å². The van der Waals surface area contributed by atoms with E-state index in [1.807, 2.05) is 29.1 Å². The van der Waals surface area contributed by atoms with Crippen molar-refractivity contribution in [3.63, 3.8) is 0 Å². The monoisotopic (exact) mass is 354 g/mol. The Hall–Kier alpha value is -1.44. The number of nitrogens with two attached hydrogens (primary N) is 1. The van der Waals surface area contributed by atoms with E-state index in [0.717, 1.165) is 28.0 Å². The summed E-state index contributed by atoms with van der Waals surface area (Å²) in [6.07, 6.45) is 3.69. The topological polar surface area (TPSA) is 65.1 Å². The number of rotatable bonds is 6. The predicted octanol–water partition coefficient (Wildman–Crippen LogP) is 2.67. The maximum Gasteiger partial charge on any atom is 0.104 e. The van der Waals surface area contributed by atoms with Gasteiger partial charge in [0.05, 0.1) is 30.7 Å². The number of halogens is 1. The zero-order chi connectivity index (χ0) is 14.5. The van der Waals surface area contributed by atoms with E-state index in [-0.39, 0.29) is 0 Å². The molecule has 2 aromatic rings. The minimum atomic E-state index is 0.379. The lowest BCUT2D eigenvalue weighted by atomic mass is 10.2. The smallest absolute Gasteiger partial charge is 0.104 e. The van der Waals surface area contributed by atoms with Gasteiger partial charge < -0.3 is 15.8 Å². The third-order valence-electron chi connectivity index (χ3n) is 2.69. The van der Waals surface area contributed by atoms with Gasteiger partial charge in [0.15, 0.2) is 0 Å². The van der Waals surface area contributed by atoms with Crippen LogP contribution in [0.2, 0.25) is 0 Å². The van der Waals surface area contributed by atoms with Gasteiger partial charge in [0.2, 0.25) is 0 Å². The second-order valence-corrected chi connectivity index (χ2v) is 5.46. The predicted molar refractivity (Wildman–Crippen MR) is 87.4 cm³/mol. The molecule has 5 nitrogen and oxygen atoms in total. The molecule has 0 saturated carbocycles. The van der Waals surface area contributed by atoms with E-state index in [2.05, 4.69) is 26.3 Å². The third-order valence-corrected chi connectivity index (χ3v) is 3.58. The average molecular weight is 355 g/mol. The molecule has 0 bridgehead atoms. The fraction of sp³-hybridized carbons (Fsp3) is 0.231. The molecule has 2 rings (SSSR count). The fourth-order valence-electron chi connectivity index (χ4n) is 1.66. The summed E-state index contributed by atoms with van der Waals surface area (Å²) in [4.78, 5) is 0.379. The first-order chi connectivity index (χ1) is 9.60. The van der Waals surface area contributed by atoms with E-state index in [0.29, 0.717) is 11.6 Å². The van der Waals surface area contributed by atoms with E-state index < -0.39 is 0 Å². The fourth-order valence-corrected chi connectivity index (χ4v) is 2.27. The molecule has 0 amide bonds. The molecule has 0 aliphatic heterocycles. The molecule has 0 aliphatic carbocycles. The molecule has 7 heteroatoms. The molecule has 1 aromatic heterocycles. The number of anilines is 2. The van der Waals surface area contributed by atoms with Crippen LogP contribution in [0.5, 0.6) is 0 Å². The van der Waals surface area contributed by atoms with Crippen LogP contribution in [-0.2, 0) is 11.3 Å². The summed E-state index contributed by atoms with van der Waals surface area (Å²) in [7, 11) is 1.67. The van der Waals surface area contributed by atoms with Crippen LogP contribution < -0.4 is 11.1 Å². The molecule has 0 radical (unpaired) electrons. The first-order valence-electron chi connectivity index (χ1n) is 5.98. The minimum absolute atomic E-state index is 0.379. The lowest BCUT2D eigenvalue weighted by Gasteiger charge is -2.08. The van der Waals surface area contributed by atoms with Gasteiger partial charge in [0, 0.05) is 23.3 Å². The first-order valence-corrected chi connectivity index (χ1v) is 7.18. The molecule has 106 valence electrons. The van der Waals surface area contributed by atoms with Gasteiger partial charge in [-0.15, -0.1) is 0 Å². The van der Waals surface area contributed by atoms with Crippen LogP contribution in [-0.4, -0.2) is 28.5 Å². The van der Waals surface area contributed by atoms with Crippen LogP contribution >= 0.6 is 28.1 Å². The van der Waals surface area contributed by atoms with Crippen molar-refractivity contribution in [1.82, 2.24) is 9.78 Å². The lowest BCUT2D eigenvalue weighted by Crippen LogP contribution is -2.09. The van der Waals surface area contributed by atoms with Crippen molar-refractivity contribution in [2.75, 3.05) is 19.0 Å². The number of benzene rings is 1. The van der Waals surface area contributed by atoms with E-state index in [1.165, 1.54) is 0 Å². The number of hydrogen-bond acceptors (Lipinski definition) is 4. The molecule has 1 aromatic carbocycles. The third kappa shape index (κ3) is 3.78. The van der Waals surface area contributed by atoms with Gasteiger partial charge in [-0.1, -0.05) is 12.2 Å². The van der Waals surface area contributed by atoms with Crippen molar-refractivity contribution in [2.45, 2.75) is 6.54 Å². The Kier molecular flexibility index (Phi) is 5.11. The number of thiocarbonyl (C=S) groups is 1. The highest BCUT2D eigenvalue weighted by Gasteiger charge is 2.05. The minimum Gasteiger partial charge on any atom is -0.389 e. The van der Waals surface area contributed by atoms with Gasteiger partial charge in [0.1, 0.15) is 4.99 Å². The number of ether oxygens (including phenoxy) is 1. The quantitative estimate of drug-likeness (QED) is 0.780. The van der Waals surface area contributed by atoms with E-state index in [4.69, 9.17) is 22.7 Å². The van der Waals surface area contributed by atoms with E-state index >= 15 is 0 Å². The molecular formula is C13H15BrN4OS. The summed E-state index contributed by atoms with van der Waals surface area (Å²) in [6.45, 7) is 1.35. The largest absolute Gasteiger partial charge is 0.389 e. The summed E-state index contributed by atoms with van der Waals surface area (Å²) in [5.74, 6) is 0. The molecule has 0 unspecified atom stereocenters. The zero-order valence-electron chi connectivity index (χ0n) is 11.0. The molecule has 3 N–H and O–H groups in total. The Balaban J connectivity index is 2.09. The molecule has 0 aliphatic rings. The molecule has 0 spiro atoms. The van der Waals surface area contributed by atoms with Crippen molar-refractivity contribution >= 4 is 44.5 Å². The highest BCUT2D eigenvalue weighted by atomic mass is 79.9. The first kappa shape index (κ1) is 15.0. The Labute approximate surface area is 131 Å². The normalized spacial score (nSPS) is 10.5. The van der Waals surface area contributed by atoms with Crippen molar-refractivity contribution in [1.29, 1.82) is 0 Å². The van der Waals surface area contributed by atoms with Gasteiger partial charge in [-0.05, 0) is 34.1 Å². The van der Waals surface area contributed by atoms with Crippen LogP contribution in [0.3, 0.4) is 0 Å². The van der Waals surface area contributed by atoms with E-state index in [1.54, 1.807) is 13.3 Å². The summed E-state index contributed by atoms with van der Waals surface area (Å²) < 4.78 is 7.73. The molecular weight excluding hydrogens is 340 g/mol. The van der Waals surface area contributed by atoms with Crippen LogP contribution in [0.4, 0.5) is 11.4 Å². The SMILES string of the molecule is COCCn1cc(Nc2ccc(C(N)=S)cc2Br)cn1. The number of aromatic nitrogens is 2. The maximum atomic E-state index is 5.60. The summed E-state index contributed by atoms with van der Waals surface area (Å²) in [6, 6.07) is 5.69. The molecule has 1 heterocycles. The number of methoxy groups -OCH3 is 1. The average Bonchev–Trinajstić information content (AvgIpc) is 2.86. The molecule has 0 atom stereocenters. The highest BCUT2D eigenvalue weighted by Crippen LogP contribution is 2.26. The van der Waals surface area contributed by atoms with Gasteiger partial charge in [-0.25, -0.2) is 0 Å². The zero-order valence-corrected chi connectivity index (χ0v) is 13.4. The van der Waals surface area contributed by atoms with Crippen molar-refractivity contribution < 1.29 is 4.74 Å². The van der Waals surface area contributed by atoms with Crippen LogP contribution in [0.1, 0.15) is 5.56 Å². The Morgan fingerprint density at radius 2 is 2.35 bits per heavy atom. The number of hydrogen-bond donors (Lipinski definition) is 2. The van der Waals surface area contributed by atoms with Gasteiger partial charge >= 0.3 is 0 Å². The van der Waals surface area contributed by atoms with Crippen LogP contribution in [0, 0.1) is 0 Å². The summed E-state index contributed by atoms with van der Waals surface area (Å²) in [5.41, 5.74) is 8.26. The standard InChI is InChI=1S/C13H15BrN4OS/c1-19-5-4-18-8-10(7-16-18)17-12-3-2-9(13(15)20)6-11(12)14/h2-3,6-8,17H,4-5H2,1H3,(H2,15,20). The number of nitrogens with zero attached hydrogens (tertiary/aromatic N) is 2. The molecule has 0 fully saturated rings. The lowest BCUT2D eigenvalue weighted by molar-refractivity contribution is 0.183. The highest BCUT2D eigenvalue weighted by molar-refractivity contribution is 9.10. The Morgan fingerprint density at radius 1 is 1.55 bits per heavy atom.